The molecule has 0 radical (unpaired) electrons. The van der Waals surface area contributed by atoms with Gasteiger partial charge in [-0.3, -0.25) is 9.59 Å². The van der Waals surface area contributed by atoms with Gasteiger partial charge < -0.3 is 19.8 Å². The van der Waals surface area contributed by atoms with Gasteiger partial charge in [0.15, 0.2) is 6.10 Å². The van der Waals surface area contributed by atoms with Crippen molar-refractivity contribution >= 4 is 29.4 Å². The van der Waals surface area contributed by atoms with Gasteiger partial charge >= 0.3 is 5.97 Å². The molecule has 0 fully saturated rings. The van der Waals surface area contributed by atoms with Crippen molar-refractivity contribution in [2.45, 2.75) is 32.5 Å². The molecule has 0 aliphatic rings. The Labute approximate surface area is 155 Å². The molecule has 1 aromatic carbocycles. The summed E-state index contributed by atoms with van der Waals surface area (Å²) in [6.45, 7) is 3.09. The molecule has 0 spiro atoms. The summed E-state index contributed by atoms with van der Waals surface area (Å²) in [6.07, 6.45) is 0.478. The van der Waals surface area contributed by atoms with Crippen LogP contribution in [0.3, 0.4) is 0 Å². The smallest absolute Gasteiger partial charge is 0.329 e. The molecule has 0 aliphatic heterocycles. The van der Waals surface area contributed by atoms with Gasteiger partial charge in [-0.1, -0.05) is 23.7 Å². The fourth-order valence-corrected chi connectivity index (χ4v) is 2.26. The number of benzene rings is 1. The molecule has 0 unspecified atom stereocenters. The van der Waals surface area contributed by atoms with Crippen LogP contribution in [0, 0.1) is 0 Å². The first-order valence-corrected chi connectivity index (χ1v) is 8.32. The summed E-state index contributed by atoms with van der Waals surface area (Å²) in [6, 6.07) is 8.94. The fraction of sp³-hybridized carbons (Fsp3) is 0.278. The van der Waals surface area contributed by atoms with Gasteiger partial charge in [-0.15, -0.1) is 0 Å². The van der Waals surface area contributed by atoms with E-state index in [2.05, 4.69) is 10.6 Å². The molecule has 0 aliphatic carbocycles. The molecule has 0 bridgehead atoms. The van der Waals surface area contributed by atoms with Gasteiger partial charge in [-0.05, 0) is 38.1 Å². The SMILES string of the molecule is C[C@H](NC(=O)c1ccccc1Cl)C(=O)O[C@@H](C)C(=O)NCc1ccco1. The van der Waals surface area contributed by atoms with Crippen LogP contribution in [0.25, 0.3) is 0 Å². The highest BCUT2D eigenvalue weighted by Gasteiger charge is 2.24. The molecule has 0 saturated carbocycles. The first-order chi connectivity index (χ1) is 12.4. The van der Waals surface area contributed by atoms with Crippen LogP contribution in [0.4, 0.5) is 0 Å². The first-order valence-electron chi connectivity index (χ1n) is 7.94. The lowest BCUT2D eigenvalue weighted by Crippen LogP contribution is -2.43. The summed E-state index contributed by atoms with van der Waals surface area (Å²) in [4.78, 5) is 36.2. The van der Waals surface area contributed by atoms with Crippen molar-refractivity contribution in [1.82, 2.24) is 10.6 Å². The van der Waals surface area contributed by atoms with Gasteiger partial charge in [0.25, 0.3) is 11.8 Å². The Hall–Kier alpha value is -2.80. The lowest BCUT2D eigenvalue weighted by atomic mass is 10.2. The maximum absolute atomic E-state index is 12.1. The van der Waals surface area contributed by atoms with Crippen molar-refractivity contribution < 1.29 is 23.5 Å². The Morgan fingerprint density at radius 1 is 1.15 bits per heavy atom. The Morgan fingerprint density at radius 3 is 2.54 bits per heavy atom. The Balaban J connectivity index is 1.82. The summed E-state index contributed by atoms with van der Waals surface area (Å²) in [5.41, 5.74) is 0.248. The van der Waals surface area contributed by atoms with Crippen LogP contribution in [0.2, 0.25) is 5.02 Å². The zero-order valence-electron chi connectivity index (χ0n) is 14.3. The summed E-state index contributed by atoms with van der Waals surface area (Å²) in [7, 11) is 0. The molecule has 1 aromatic heterocycles. The standard InChI is InChI=1S/C18H19ClN2O5/c1-11(21-17(23)14-7-3-4-8-15(14)19)18(24)26-12(2)16(22)20-10-13-6-5-9-25-13/h3-9,11-12H,10H2,1-2H3,(H,20,22)(H,21,23)/t11-,12-/m0/s1. The third-order valence-corrected chi connectivity index (χ3v) is 3.83. The van der Waals surface area contributed by atoms with Crippen LogP contribution in [0.5, 0.6) is 0 Å². The molecule has 26 heavy (non-hydrogen) atoms. The lowest BCUT2D eigenvalue weighted by molar-refractivity contribution is -0.156. The van der Waals surface area contributed by atoms with Crippen molar-refractivity contribution in [2.75, 3.05) is 0 Å². The molecule has 2 rings (SSSR count). The minimum absolute atomic E-state index is 0.187. The normalized spacial score (nSPS) is 12.7. The van der Waals surface area contributed by atoms with E-state index in [1.165, 1.54) is 20.1 Å². The van der Waals surface area contributed by atoms with Gasteiger partial charge in [0.05, 0.1) is 23.4 Å². The number of nitrogens with one attached hydrogen (secondary N) is 2. The van der Waals surface area contributed by atoms with Crippen molar-refractivity contribution in [1.29, 1.82) is 0 Å². The lowest BCUT2D eigenvalue weighted by Gasteiger charge is -2.17. The molecule has 2 amide bonds. The topological polar surface area (TPSA) is 97.6 Å². The molecular weight excluding hydrogens is 360 g/mol. The van der Waals surface area contributed by atoms with E-state index < -0.39 is 29.9 Å². The van der Waals surface area contributed by atoms with E-state index in [9.17, 15) is 14.4 Å². The predicted octanol–water partition coefficient (Wildman–Crippen LogP) is 2.30. The van der Waals surface area contributed by atoms with Crippen LogP contribution in [-0.2, 0) is 20.9 Å². The van der Waals surface area contributed by atoms with Crippen molar-refractivity contribution in [2.24, 2.45) is 0 Å². The highest BCUT2D eigenvalue weighted by molar-refractivity contribution is 6.33. The quantitative estimate of drug-likeness (QED) is 0.720. The number of ether oxygens (including phenoxy) is 1. The highest BCUT2D eigenvalue weighted by atomic mass is 35.5. The maximum Gasteiger partial charge on any atom is 0.329 e. The van der Waals surface area contributed by atoms with Crippen LogP contribution < -0.4 is 10.6 Å². The van der Waals surface area contributed by atoms with E-state index >= 15 is 0 Å². The van der Waals surface area contributed by atoms with Gasteiger partial charge in [-0.25, -0.2) is 4.79 Å². The number of furan rings is 1. The molecule has 8 heteroatoms. The Morgan fingerprint density at radius 2 is 1.88 bits per heavy atom. The Kier molecular flexibility index (Phi) is 6.80. The van der Waals surface area contributed by atoms with Crippen LogP contribution in [-0.4, -0.2) is 29.9 Å². The summed E-state index contributed by atoms with van der Waals surface area (Å²) < 4.78 is 10.2. The number of rotatable bonds is 7. The fourth-order valence-electron chi connectivity index (χ4n) is 2.04. The van der Waals surface area contributed by atoms with E-state index in [-0.39, 0.29) is 17.1 Å². The predicted molar refractivity (Wildman–Crippen MR) is 94.5 cm³/mol. The summed E-state index contributed by atoms with van der Waals surface area (Å²) in [5.74, 6) is -1.13. The second kappa shape index (κ2) is 9.05. The average Bonchev–Trinajstić information content (AvgIpc) is 3.13. The minimum atomic E-state index is -1.02. The van der Waals surface area contributed by atoms with E-state index in [1.807, 2.05) is 0 Å². The minimum Gasteiger partial charge on any atom is -0.467 e. The van der Waals surface area contributed by atoms with Gasteiger partial charge in [0.1, 0.15) is 11.8 Å². The number of hydrogen-bond donors (Lipinski definition) is 2. The van der Waals surface area contributed by atoms with E-state index in [4.69, 9.17) is 20.8 Å². The number of carbonyl (C=O) groups excluding carboxylic acids is 3. The van der Waals surface area contributed by atoms with E-state index in [0.29, 0.717) is 5.76 Å². The highest BCUT2D eigenvalue weighted by Crippen LogP contribution is 2.14. The average molecular weight is 379 g/mol. The zero-order chi connectivity index (χ0) is 19.1. The molecule has 1 heterocycles. The maximum atomic E-state index is 12.1. The van der Waals surface area contributed by atoms with E-state index in [1.54, 1.807) is 36.4 Å². The number of halogens is 1. The Bertz CT molecular complexity index is 776. The molecular formula is C18H19ClN2O5. The largest absolute Gasteiger partial charge is 0.467 e. The van der Waals surface area contributed by atoms with Crippen LogP contribution >= 0.6 is 11.6 Å². The van der Waals surface area contributed by atoms with Crippen LogP contribution in [0.15, 0.2) is 47.1 Å². The zero-order valence-corrected chi connectivity index (χ0v) is 15.1. The van der Waals surface area contributed by atoms with Crippen molar-refractivity contribution in [3.05, 3.63) is 59.0 Å². The number of amides is 2. The second-order valence-electron chi connectivity index (χ2n) is 5.55. The van der Waals surface area contributed by atoms with Gasteiger partial charge in [-0.2, -0.15) is 0 Å². The van der Waals surface area contributed by atoms with Gasteiger partial charge in [0, 0.05) is 0 Å². The third kappa shape index (κ3) is 5.35. The van der Waals surface area contributed by atoms with Gasteiger partial charge in [0.2, 0.25) is 0 Å². The second-order valence-corrected chi connectivity index (χ2v) is 5.96. The number of carbonyl (C=O) groups is 3. The summed E-state index contributed by atoms with van der Waals surface area (Å²) in [5, 5.41) is 5.35. The van der Waals surface area contributed by atoms with Crippen molar-refractivity contribution in [3.8, 4) is 0 Å². The molecule has 2 aromatic rings. The monoisotopic (exact) mass is 378 g/mol. The van der Waals surface area contributed by atoms with Crippen LogP contribution in [0.1, 0.15) is 30.0 Å². The number of hydrogen-bond acceptors (Lipinski definition) is 5. The van der Waals surface area contributed by atoms with Crippen molar-refractivity contribution in [3.63, 3.8) is 0 Å². The number of esters is 1. The summed E-state index contributed by atoms with van der Waals surface area (Å²) >= 11 is 5.95. The molecule has 138 valence electrons. The molecule has 2 atom stereocenters. The molecule has 0 saturated heterocycles. The molecule has 7 nitrogen and oxygen atoms in total. The molecule has 2 N–H and O–H groups in total. The first kappa shape index (κ1) is 19.5. The third-order valence-electron chi connectivity index (χ3n) is 3.50. The van der Waals surface area contributed by atoms with E-state index in [0.717, 1.165) is 0 Å².